The van der Waals surface area contributed by atoms with E-state index in [1.54, 1.807) is 18.2 Å². The molecule has 0 radical (unpaired) electrons. The first-order valence-corrected chi connectivity index (χ1v) is 6.24. The van der Waals surface area contributed by atoms with Crippen LogP contribution in [0, 0.1) is 0 Å². The van der Waals surface area contributed by atoms with Crippen LogP contribution in [-0.4, -0.2) is 39.3 Å². The standard InChI is InChI=1S/C14H19NO5/c1-18-9-10-20-14(17)8-7-13(16)15-11-5-3-4-6-12(11)19-2/h3-6H,7-10H2,1-2H3,(H,15,16). The predicted molar refractivity (Wildman–Crippen MR) is 73.7 cm³/mol. The Morgan fingerprint density at radius 3 is 2.55 bits per heavy atom. The number of amides is 1. The fourth-order valence-corrected chi connectivity index (χ4v) is 1.49. The van der Waals surface area contributed by atoms with Gasteiger partial charge in [-0.2, -0.15) is 0 Å². The zero-order valence-corrected chi connectivity index (χ0v) is 11.7. The summed E-state index contributed by atoms with van der Waals surface area (Å²) in [5.74, 6) is -0.112. The van der Waals surface area contributed by atoms with Gasteiger partial charge in [0, 0.05) is 13.5 Å². The van der Waals surface area contributed by atoms with Gasteiger partial charge >= 0.3 is 5.97 Å². The van der Waals surface area contributed by atoms with E-state index in [-0.39, 0.29) is 25.4 Å². The van der Waals surface area contributed by atoms with E-state index in [0.29, 0.717) is 18.0 Å². The van der Waals surface area contributed by atoms with E-state index in [4.69, 9.17) is 14.2 Å². The highest BCUT2D eigenvalue weighted by atomic mass is 16.6. The highest BCUT2D eigenvalue weighted by Gasteiger charge is 2.10. The Kier molecular flexibility index (Phi) is 7.13. The van der Waals surface area contributed by atoms with Crippen LogP contribution in [0.1, 0.15) is 12.8 Å². The second-order valence-electron chi connectivity index (χ2n) is 3.96. The first kappa shape index (κ1) is 16.0. The van der Waals surface area contributed by atoms with Crippen molar-refractivity contribution in [1.29, 1.82) is 0 Å². The Bertz CT molecular complexity index is 447. The van der Waals surface area contributed by atoms with Crippen molar-refractivity contribution in [3.63, 3.8) is 0 Å². The maximum absolute atomic E-state index is 11.7. The van der Waals surface area contributed by atoms with Gasteiger partial charge in [0.05, 0.1) is 25.8 Å². The summed E-state index contributed by atoms with van der Waals surface area (Å²) in [5.41, 5.74) is 0.577. The Balaban J connectivity index is 2.35. The maximum Gasteiger partial charge on any atom is 0.306 e. The van der Waals surface area contributed by atoms with Crippen molar-refractivity contribution < 1.29 is 23.8 Å². The van der Waals surface area contributed by atoms with E-state index in [1.165, 1.54) is 14.2 Å². The van der Waals surface area contributed by atoms with Gasteiger partial charge in [0.15, 0.2) is 0 Å². The number of carbonyl (C=O) groups excluding carboxylic acids is 2. The van der Waals surface area contributed by atoms with Crippen LogP contribution >= 0.6 is 0 Å². The van der Waals surface area contributed by atoms with Gasteiger partial charge in [-0.25, -0.2) is 0 Å². The van der Waals surface area contributed by atoms with Crippen LogP contribution in [0.15, 0.2) is 24.3 Å². The topological polar surface area (TPSA) is 73.9 Å². The molecule has 0 unspecified atom stereocenters. The van der Waals surface area contributed by atoms with Crippen molar-refractivity contribution in [3.05, 3.63) is 24.3 Å². The van der Waals surface area contributed by atoms with Gasteiger partial charge < -0.3 is 19.5 Å². The molecule has 0 saturated carbocycles. The highest BCUT2D eigenvalue weighted by molar-refractivity contribution is 5.93. The minimum Gasteiger partial charge on any atom is -0.495 e. The van der Waals surface area contributed by atoms with Crippen LogP contribution < -0.4 is 10.1 Å². The van der Waals surface area contributed by atoms with E-state index in [9.17, 15) is 9.59 Å². The molecule has 0 aliphatic heterocycles. The number of carbonyl (C=O) groups is 2. The smallest absolute Gasteiger partial charge is 0.306 e. The number of hydrogen-bond donors (Lipinski definition) is 1. The lowest BCUT2D eigenvalue weighted by atomic mass is 10.2. The van der Waals surface area contributed by atoms with Crippen molar-refractivity contribution in [2.75, 3.05) is 32.8 Å². The summed E-state index contributed by atoms with van der Waals surface area (Å²) in [6.07, 6.45) is 0.0918. The second kappa shape index (κ2) is 8.92. The number of hydrogen-bond acceptors (Lipinski definition) is 5. The molecule has 110 valence electrons. The van der Waals surface area contributed by atoms with Gasteiger partial charge in [0.1, 0.15) is 12.4 Å². The summed E-state index contributed by atoms with van der Waals surface area (Å²) < 4.78 is 14.7. The molecule has 0 aliphatic carbocycles. The molecule has 0 saturated heterocycles. The Morgan fingerprint density at radius 2 is 1.85 bits per heavy atom. The van der Waals surface area contributed by atoms with Crippen molar-refractivity contribution in [1.82, 2.24) is 0 Å². The van der Waals surface area contributed by atoms with Gasteiger partial charge in [0.25, 0.3) is 0 Å². The Morgan fingerprint density at radius 1 is 1.10 bits per heavy atom. The van der Waals surface area contributed by atoms with Crippen molar-refractivity contribution in [2.24, 2.45) is 0 Å². The average Bonchev–Trinajstić information content (AvgIpc) is 2.46. The first-order chi connectivity index (χ1) is 9.67. The largest absolute Gasteiger partial charge is 0.495 e. The Labute approximate surface area is 118 Å². The molecule has 1 N–H and O–H groups in total. The summed E-state index contributed by atoms with van der Waals surface area (Å²) in [7, 11) is 3.05. The first-order valence-electron chi connectivity index (χ1n) is 6.24. The molecule has 1 rings (SSSR count). The number of methoxy groups -OCH3 is 2. The maximum atomic E-state index is 11.7. The quantitative estimate of drug-likeness (QED) is 0.579. The van der Waals surface area contributed by atoms with E-state index >= 15 is 0 Å². The van der Waals surface area contributed by atoms with E-state index in [0.717, 1.165) is 0 Å². The summed E-state index contributed by atoms with van der Waals surface area (Å²) >= 11 is 0. The second-order valence-corrected chi connectivity index (χ2v) is 3.96. The van der Waals surface area contributed by atoms with Crippen LogP contribution in [0.25, 0.3) is 0 Å². The van der Waals surface area contributed by atoms with Gasteiger partial charge in [-0.05, 0) is 12.1 Å². The monoisotopic (exact) mass is 281 g/mol. The zero-order chi connectivity index (χ0) is 14.8. The lowest BCUT2D eigenvalue weighted by Crippen LogP contribution is -2.16. The van der Waals surface area contributed by atoms with Crippen LogP contribution in [0.4, 0.5) is 5.69 Å². The predicted octanol–water partition coefficient (Wildman–Crippen LogP) is 1.60. The summed E-state index contributed by atoms with van der Waals surface area (Å²) in [5, 5.41) is 2.69. The molecule has 1 aromatic rings. The fourth-order valence-electron chi connectivity index (χ4n) is 1.49. The molecule has 0 heterocycles. The highest BCUT2D eigenvalue weighted by Crippen LogP contribution is 2.23. The molecule has 0 bridgehead atoms. The number of esters is 1. The third kappa shape index (κ3) is 5.71. The Hall–Kier alpha value is -2.08. The van der Waals surface area contributed by atoms with Crippen molar-refractivity contribution in [3.8, 4) is 5.75 Å². The normalized spacial score (nSPS) is 9.90. The third-order valence-corrected chi connectivity index (χ3v) is 2.49. The van der Waals surface area contributed by atoms with E-state index in [2.05, 4.69) is 5.32 Å². The zero-order valence-electron chi connectivity index (χ0n) is 11.7. The number of benzene rings is 1. The number of ether oxygens (including phenoxy) is 3. The van der Waals surface area contributed by atoms with Crippen LogP contribution in [-0.2, 0) is 19.1 Å². The molecule has 0 spiro atoms. The molecule has 0 atom stereocenters. The number of anilines is 1. The number of rotatable bonds is 8. The van der Waals surface area contributed by atoms with E-state index in [1.807, 2.05) is 6.07 Å². The van der Waals surface area contributed by atoms with E-state index < -0.39 is 5.97 Å². The summed E-state index contributed by atoms with van der Waals surface area (Å²) in [6.45, 7) is 0.544. The molecule has 1 aromatic carbocycles. The minimum atomic E-state index is -0.419. The molecule has 0 aromatic heterocycles. The average molecular weight is 281 g/mol. The SMILES string of the molecule is COCCOC(=O)CCC(=O)Nc1ccccc1OC. The van der Waals surface area contributed by atoms with Crippen molar-refractivity contribution >= 4 is 17.6 Å². The number of para-hydroxylation sites is 2. The van der Waals surface area contributed by atoms with Crippen LogP contribution in [0.3, 0.4) is 0 Å². The van der Waals surface area contributed by atoms with Crippen LogP contribution in [0.5, 0.6) is 5.75 Å². The number of nitrogens with one attached hydrogen (secondary N) is 1. The molecular weight excluding hydrogens is 262 g/mol. The fraction of sp³-hybridized carbons (Fsp3) is 0.429. The molecule has 1 amide bonds. The van der Waals surface area contributed by atoms with Crippen LogP contribution in [0.2, 0.25) is 0 Å². The third-order valence-electron chi connectivity index (χ3n) is 2.49. The molecule has 0 aliphatic rings. The van der Waals surface area contributed by atoms with Gasteiger partial charge in [0.2, 0.25) is 5.91 Å². The molecule has 6 heteroatoms. The molecular formula is C14H19NO5. The summed E-state index contributed by atoms with van der Waals surface area (Å²) in [4.78, 5) is 23.0. The molecule has 6 nitrogen and oxygen atoms in total. The molecule has 20 heavy (non-hydrogen) atoms. The lowest BCUT2D eigenvalue weighted by molar-refractivity contribution is -0.145. The molecule has 0 fully saturated rings. The minimum absolute atomic E-state index is 0.0324. The lowest BCUT2D eigenvalue weighted by Gasteiger charge is -2.09. The van der Waals surface area contributed by atoms with Gasteiger partial charge in [-0.3, -0.25) is 9.59 Å². The van der Waals surface area contributed by atoms with Crippen molar-refractivity contribution in [2.45, 2.75) is 12.8 Å². The summed E-state index contributed by atoms with van der Waals surface area (Å²) in [6, 6.07) is 7.07. The van der Waals surface area contributed by atoms with Gasteiger partial charge in [-0.15, -0.1) is 0 Å². The van der Waals surface area contributed by atoms with Gasteiger partial charge in [-0.1, -0.05) is 12.1 Å².